The molecule has 0 unspecified atom stereocenters. The largest absolute Gasteiger partial charge is 0.398 e. The first-order valence-electron chi connectivity index (χ1n) is 5.46. The summed E-state index contributed by atoms with van der Waals surface area (Å²) in [5.41, 5.74) is 6.45. The predicted octanol–water partition coefficient (Wildman–Crippen LogP) is 1.07. The molecule has 2 aromatic rings. The van der Waals surface area contributed by atoms with Crippen molar-refractivity contribution in [3.05, 3.63) is 59.0 Å². The van der Waals surface area contributed by atoms with Gasteiger partial charge in [-0.2, -0.15) is 0 Å². The second-order valence-corrected chi connectivity index (χ2v) is 3.84. The van der Waals surface area contributed by atoms with Crippen LogP contribution in [-0.2, 0) is 11.3 Å². The zero-order chi connectivity index (χ0) is 13.0. The van der Waals surface area contributed by atoms with Crippen LogP contribution in [0.1, 0.15) is 0 Å². The lowest BCUT2D eigenvalue weighted by Gasteiger charge is -2.07. The molecule has 2 rings (SSSR count). The van der Waals surface area contributed by atoms with Crippen molar-refractivity contribution in [1.82, 2.24) is 4.57 Å². The van der Waals surface area contributed by atoms with Gasteiger partial charge in [0.05, 0.1) is 0 Å². The minimum atomic E-state index is -0.270. The molecule has 5 nitrogen and oxygen atoms in total. The third kappa shape index (κ3) is 2.98. The monoisotopic (exact) mass is 243 g/mol. The van der Waals surface area contributed by atoms with Crippen molar-refractivity contribution in [2.24, 2.45) is 0 Å². The minimum absolute atomic E-state index is 0.0568. The molecule has 3 N–H and O–H groups in total. The highest BCUT2D eigenvalue weighted by Crippen LogP contribution is 2.05. The number of benzene rings is 1. The Balaban J connectivity index is 2.08. The first-order chi connectivity index (χ1) is 8.65. The van der Waals surface area contributed by atoms with Crippen LogP contribution in [0.5, 0.6) is 0 Å². The fourth-order valence-corrected chi connectivity index (χ4v) is 1.55. The van der Waals surface area contributed by atoms with E-state index in [-0.39, 0.29) is 18.0 Å². The molecule has 92 valence electrons. The second-order valence-electron chi connectivity index (χ2n) is 3.84. The normalized spacial score (nSPS) is 10.0. The quantitative estimate of drug-likeness (QED) is 0.846. The van der Waals surface area contributed by atoms with Gasteiger partial charge >= 0.3 is 0 Å². The molecule has 0 aliphatic rings. The number of nitrogens with zero attached hydrogens (tertiary/aromatic N) is 1. The number of nitrogens with two attached hydrogens (primary N) is 1. The summed E-state index contributed by atoms with van der Waals surface area (Å²) >= 11 is 0. The molecule has 1 aromatic carbocycles. The molecule has 1 aromatic heterocycles. The molecule has 0 aliphatic heterocycles. The van der Waals surface area contributed by atoms with Crippen molar-refractivity contribution >= 4 is 17.3 Å². The van der Waals surface area contributed by atoms with Crippen molar-refractivity contribution in [2.45, 2.75) is 6.54 Å². The third-order valence-electron chi connectivity index (χ3n) is 2.38. The zero-order valence-corrected chi connectivity index (χ0v) is 9.67. The zero-order valence-electron chi connectivity index (χ0n) is 9.67. The highest BCUT2D eigenvalue weighted by molar-refractivity contribution is 5.90. The number of nitrogen functional groups attached to an aromatic ring is 1. The summed E-state index contributed by atoms with van der Waals surface area (Å²) in [6.07, 6.45) is 1.45. The van der Waals surface area contributed by atoms with E-state index in [1.54, 1.807) is 12.1 Å². The van der Waals surface area contributed by atoms with Crippen molar-refractivity contribution in [3.63, 3.8) is 0 Å². The molecule has 0 fully saturated rings. The Morgan fingerprint density at radius 1 is 1.17 bits per heavy atom. The van der Waals surface area contributed by atoms with Gasteiger partial charge in [0.15, 0.2) is 0 Å². The SMILES string of the molecule is Nc1ccc(=O)n(CC(=O)Nc2ccccc2)c1. The minimum Gasteiger partial charge on any atom is -0.398 e. The third-order valence-corrected chi connectivity index (χ3v) is 2.38. The van der Waals surface area contributed by atoms with E-state index in [2.05, 4.69) is 5.32 Å². The number of aromatic nitrogens is 1. The summed E-state index contributed by atoms with van der Waals surface area (Å²) in [5, 5.41) is 2.70. The maximum absolute atomic E-state index is 11.7. The highest BCUT2D eigenvalue weighted by Gasteiger charge is 2.04. The lowest BCUT2D eigenvalue weighted by Crippen LogP contribution is -2.26. The average molecular weight is 243 g/mol. The molecule has 18 heavy (non-hydrogen) atoms. The number of nitrogens with one attached hydrogen (secondary N) is 1. The van der Waals surface area contributed by atoms with E-state index < -0.39 is 0 Å². The standard InChI is InChI=1S/C13H13N3O2/c14-10-6-7-13(18)16(8-10)9-12(17)15-11-4-2-1-3-5-11/h1-8H,9,14H2,(H,15,17). The van der Waals surface area contributed by atoms with Crippen LogP contribution in [0.2, 0.25) is 0 Å². The van der Waals surface area contributed by atoms with Crippen LogP contribution in [0.15, 0.2) is 53.5 Å². The summed E-state index contributed by atoms with van der Waals surface area (Å²) in [4.78, 5) is 23.2. The fourth-order valence-electron chi connectivity index (χ4n) is 1.55. The van der Waals surface area contributed by atoms with Gasteiger partial charge in [0.2, 0.25) is 5.91 Å². The molecule has 0 aliphatic carbocycles. The van der Waals surface area contributed by atoms with E-state index in [9.17, 15) is 9.59 Å². The highest BCUT2D eigenvalue weighted by atomic mass is 16.2. The number of pyridine rings is 1. The van der Waals surface area contributed by atoms with Crippen LogP contribution in [0.25, 0.3) is 0 Å². The lowest BCUT2D eigenvalue weighted by atomic mass is 10.3. The first-order valence-corrected chi connectivity index (χ1v) is 5.46. The van der Waals surface area contributed by atoms with Crippen molar-refractivity contribution < 1.29 is 4.79 Å². The summed E-state index contributed by atoms with van der Waals surface area (Å²) in [6.45, 7) is -0.0568. The van der Waals surface area contributed by atoms with Crippen LogP contribution in [0.3, 0.4) is 0 Å². The van der Waals surface area contributed by atoms with Crippen LogP contribution >= 0.6 is 0 Å². The topological polar surface area (TPSA) is 77.1 Å². The molecule has 0 radical (unpaired) electrons. The van der Waals surface area contributed by atoms with Crippen molar-refractivity contribution in [1.29, 1.82) is 0 Å². The Kier molecular flexibility index (Phi) is 3.43. The number of amides is 1. The Labute approximate surface area is 104 Å². The number of hydrogen-bond acceptors (Lipinski definition) is 3. The second kappa shape index (κ2) is 5.18. The Morgan fingerprint density at radius 2 is 1.89 bits per heavy atom. The van der Waals surface area contributed by atoms with Gasteiger partial charge in [-0.25, -0.2) is 0 Å². The summed E-state index contributed by atoms with van der Waals surface area (Å²) in [5.74, 6) is -0.270. The summed E-state index contributed by atoms with van der Waals surface area (Å²) in [6, 6.07) is 11.9. The molecule has 0 spiro atoms. The lowest BCUT2D eigenvalue weighted by molar-refractivity contribution is -0.116. The first kappa shape index (κ1) is 11.9. The molecule has 0 saturated carbocycles. The van der Waals surface area contributed by atoms with Gasteiger partial charge in [-0.1, -0.05) is 18.2 Å². The summed E-state index contributed by atoms with van der Waals surface area (Å²) in [7, 11) is 0. The van der Waals surface area contributed by atoms with Crippen LogP contribution in [0.4, 0.5) is 11.4 Å². The van der Waals surface area contributed by atoms with Crippen LogP contribution < -0.4 is 16.6 Å². The van der Waals surface area contributed by atoms with Gasteiger partial charge in [-0.05, 0) is 18.2 Å². The van der Waals surface area contributed by atoms with Gasteiger partial charge in [-0.3, -0.25) is 9.59 Å². The summed E-state index contributed by atoms with van der Waals surface area (Å²) < 4.78 is 1.27. The van der Waals surface area contributed by atoms with E-state index in [0.29, 0.717) is 11.4 Å². The molecule has 0 saturated heterocycles. The molecule has 1 amide bonds. The van der Waals surface area contributed by atoms with Gasteiger partial charge in [0.1, 0.15) is 6.54 Å². The maximum atomic E-state index is 11.7. The van der Waals surface area contributed by atoms with E-state index in [0.717, 1.165) is 0 Å². The fraction of sp³-hybridized carbons (Fsp3) is 0.0769. The maximum Gasteiger partial charge on any atom is 0.251 e. The Morgan fingerprint density at radius 3 is 2.61 bits per heavy atom. The molecule has 1 heterocycles. The Bertz CT molecular complexity index is 605. The van der Waals surface area contributed by atoms with E-state index >= 15 is 0 Å². The molecule has 0 atom stereocenters. The number of hydrogen-bond donors (Lipinski definition) is 2. The van der Waals surface area contributed by atoms with Crippen LogP contribution in [0, 0.1) is 0 Å². The molecular formula is C13H13N3O2. The smallest absolute Gasteiger partial charge is 0.251 e. The van der Waals surface area contributed by atoms with E-state index in [1.807, 2.05) is 18.2 Å². The number of carbonyl (C=O) groups excluding carboxylic acids is 1. The van der Waals surface area contributed by atoms with Gasteiger partial charge in [0.25, 0.3) is 5.56 Å². The number of anilines is 2. The average Bonchev–Trinajstić information content (AvgIpc) is 2.35. The molecule has 0 bridgehead atoms. The number of para-hydroxylation sites is 1. The number of rotatable bonds is 3. The Hall–Kier alpha value is -2.56. The molecular weight excluding hydrogens is 230 g/mol. The van der Waals surface area contributed by atoms with Crippen molar-refractivity contribution in [3.8, 4) is 0 Å². The van der Waals surface area contributed by atoms with E-state index in [1.165, 1.54) is 22.9 Å². The van der Waals surface area contributed by atoms with Crippen molar-refractivity contribution in [2.75, 3.05) is 11.1 Å². The van der Waals surface area contributed by atoms with Gasteiger partial charge in [-0.15, -0.1) is 0 Å². The van der Waals surface area contributed by atoms with Crippen LogP contribution in [-0.4, -0.2) is 10.5 Å². The predicted molar refractivity (Wildman–Crippen MR) is 70.2 cm³/mol. The van der Waals surface area contributed by atoms with Gasteiger partial charge < -0.3 is 15.6 Å². The van der Waals surface area contributed by atoms with E-state index in [4.69, 9.17) is 5.73 Å². The van der Waals surface area contributed by atoms with Gasteiger partial charge in [0, 0.05) is 23.6 Å². The number of carbonyl (C=O) groups is 1. The molecule has 5 heteroatoms.